The van der Waals surface area contributed by atoms with Gasteiger partial charge in [-0.3, -0.25) is 9.59 Å². The van der Waals surface area contributed by atoms with Gasteiger partial charge in [0.2, 0.25) is 5.91 Å². The highest BCUT2D eigenvalue weighted by Gasteiger charge is 2.27. The minimum atomic E-state index is -0.105. The van der Waals surface area contributed by atoms with E-state index in [9.17, 15) is 9.59 Å². The number of nitrogens with zero attached hydrogens (tertiary/aromatic N) is 1. The molecule has 0 aliphatic carbocycles. The highest BCUT2D eigenvalue weighted by molar-refractivity contribution is 7.99. The molecule has 1 aliphatic heterocycles. The summed E-state index contributed by atoms with van der Waals surface area (Å²) in [5, 5.41) is 0. The molecule has 1 rings (SSSR count). The number of carbonyl (C=O) groups excluding carboxylic acids is 2. The van der Waals surface area contributed by atoms with Gasteiger partial charge in [-0.15, -0.1) is 0 Å². The fraction of sp³-hybridized carbons (Fsp3) is 0.846. The lowest BCUT2D eigenvalue weighted by Gasteiger charge is -2.30. The minimum absolute atomic E-state index is 0.0148. The molecule has 18 heavy (non-hydrogen) atoms. The van der Waals surface area contributed by atoms with Crippen LogP contribution in [0.3, 0.4) is 0 Å². The van der Waals surface area contributed by atoms with E-state index in [1.54, 1.807) is 11.8 Å². The molecule has 4 nitrogen and oxygen atoms in total. The van der Waals surface area contributed by atoms with Gasteiger partial charge in [-0.05, 0) is 25.5 Å². The van der Waals surface area contributed by atoms with Crippen molar-refractivity contribution in [2.75, 3.05) is 31.2 Å². The molecular weight excluding hydrogens is 250 g/mol. The molecule has 1 amide bonds. The van der Waals surface area contributed by atoms with Crippen molar-refractivity contribution in [3.63, 3.8) is 0 Å². The Kier molecular flexibility index (Phi) is 7.16. The third kappa shape index (κ3) is 4.88. The summed E-state index contributed by atoms with van der Waals surface area (Å²) in [5.74, 6) is 2.05. The van der Waals surface area contributed by atoms with Gasteiger partial charge in [-0.25, -0.2) is 0 Å². The molecule has 0 atom stereocenters. The number of thioether (sulfide) groups is 1. The topological polar surface area (TPSA) is 46.6 Å². The summed E-state index contributed by atoms with van der Waals surface area (Å²) in [6.07, 6.45) is 2.10. The van der Waals surface area contributed by atoms with Gasteiger partial charge in [0.1, 0.15) is 0 Å². The van der Waals surface area contributed by atoms with E-state index in [1.807, 2.05) is 11.8 Å². The van der Waals surface area contributed by atoms with E-state index >= 15 is 0 Å². The fourth-order valence-electron chi connectivity index (χ4n) is 2.09. The van der Waals surface area contributed by atoms with Crippen LogP contribution in [0.4, 0.5) is 0 Å². The second-order valence-electron chi connectivity index (χ2n) is 4.35. The molecular formula is C13H23NO3S. The monoisotopic (exact) mass is 273 g/mol. The van der Waals surface area contributed by atoms with Gasteiger partial charge in [0.15, 0.2) is 0 Å². The summed E-state index contributed by atoms with van der Waals surface area (Å²) in [5.41, 5.74) is 0. The molecule has 1 heterocycles. The number of carbonyl (C=O) groups is 2. The zero-order valence-corrected chi connectivity index (χ0v) is 12.1. The van der Waals surface area contributed by atoms with Crippen molar-refractivity contribution in [1.82, 2.24) is 4.90 Å². The Balaban J connectivity index is 2.26. The van der Waals surface area contributed by atoms with E-state index in [1.165, 1.54) is 0 Å². The van der Waals surface area contributed by atoms with Gasteiger partial charge in [0.25, 0.3) is 0 Å². The zero-order chi connectivity index (χ0) is 13.4. The smallest absolute Gasteiger partial charge is 0.309 e. The number of ether oxygens (including phenoxy) is 1. The molecule has 104 valence electrons. The van der Waals surface area contributed by atoms with Gasteiger partial charge >= 0.3 is 5.97 Å². The fourth-order valence-corrected chi connectivity index (χ4v) is 2.69. The summed E-state index contributed by atoms with van der Waals surface area (Å²) in [7, 11) is 0. The highest BCUT2D eigenvalue weighted by atomic mass is 32.2. The first-order chi connectivity index (χ1) is 8.69. The lowest BCUT2D eigenvalue weighted by molar-refractivity contribution is -0.151. The van der Waals surface area contributed by atoms with E-state index in [4.69, 9.17) is 4.74 Å². The number of piperidine rings is 1. The Morgan fingerprint density at radius 2 is 1.94 bits per heavy atom. The first-order valence-electron chi connectivity index (χ1n) is 6.71. The first-order valence-corrected chi connectivity index (χ1v) is 7.86. The van der Waals surface area contributed by atoms with Crippen LogP contribution in [0.15, 0.2) is 0 Å². The summed E-state index contributed by atoms with van der Waals surface area (Å²) in [6, 6.07) is 0. The second kappa shape index (κ2) is 8.40. The minimum Gasteiger partial charge on any atom is -0.466 e. The molecule has 1 saturated heterocycles. The molecule has 0 N–H and O–H groups in total. The van der Waals surface area contributed by atoms with Crippen molar-refractivity contribution in [1.29, 1.82) is 0 Å². The maximum absolute atomic E-state index is 11.9. The zero-order valence-electron chi connectivity index (χ0n) is 11.3. The quantitative estimate of drug-likeness (QED) is 0.548. The lowest BCUT2D eigenvalue weighted by atomic mass is 9.97. The molecule has 0 bridgehead atoms. The SMILES string of the molecule is CCOC(=O)C1CCN(C(=O)CCSCC)CC1. The van der Waals surface area contributed by atoms with Gasteiger partial charge < -0.3 is 9.64 Å². The van der Waals surface area contributed by atoms with Crippen LogP contribution in [0, 0.1) is 5.92 Å². The number of amides is 1. The van der Waals surface area contributed by atoms with E-state index < -0.39 is 0 Å². The van der Waals surface area contributed by atoms with Crippen molar-refractivity contribution in [3.05, 3.63) is 0 Å². The van der Waals surface area contributed by atoms with Crippen molar-refractivity contribution in [2.45, 2.75) is 33.1 Å². The second-order valence-corrected chi connectivity index (χ2v) is 5.75. The van der Waals surface area contributed by atoms with Crippen LogP contribution in [0.2, 0.25) is 0 Å². The summed E-state index contributed by atoms with van der Waals surface area (Å²) < 4.78 is 5.01. The van der Waals surface area contributed by atoms with E-state index in [-0.39, 0.29) is 17.8 Å². The summed E-state index contributed by atoms with van der Waals surface area (Å²) in [4.78, 5) is 25.3. The van der Waals surface area contributed by atoms with Crippen molar-refractivity contribution < 1.29 is 14.3 Å². The first kappa shape index (κ1) is 15.3. The molecule has 0 saturated carbocycles. The van der Waals surface area contributed by atoms with Crippen LogP contribution in [0.1, 0.15) is 33.1 Å². The standard InChI is InChI=1S/C13H23NO3S/c1-3-17-13(16)11-5-8-14(9-6-11)12(15)7-10-18-4-2/h11H,3-10H2,1-2H3. The van der Waals surface area contributed by atoms with Crippen molar-refractivity contribution in [3.8, 4) is 0 Å². The molecule has 0 aromatic heterocycles. The van der Waals surface area contributed by atoms with Gasteiger partial charge in [0.05, 0.1) is 12.5 Å². The van der Waals surface area contributed by atoms with Crippen LogP contribution in [0.5, 0.6) is 0 Å². The number of likely N-dealkylation sites (tertiary alicyclic amines) is 1. The average molecular weight is 273 g/mol. The van der Waals surface area contributed by atoms with Gasteiger partial charge in [0, 0.05) is 25.3 Å². The number of esters is 1. The van der Waals surface area contributed by atoms with Gasteiger partial charge in [-0.2, -0.15) is 11.8 Å². The molecule has 0 aromatic rings. The van der Waals surface area contributed by atoms with E-state index in [0.29, 0.717) is 26.1 Å². The number of hydrogen-bond donors (Lipinski definition) is 0. The highest BCUT2D eigenvalue weighted by Crippen LogP contribution is 2.19. The Morgan fingerprint density at radius 3 is 2.50 bits per heavy atom. The van der Waals surface area contributed by atoms with E-state index in [2.05, 4.69) is 6.92 Å². The Morgan fingerprint density at radius 1 is 1.28 bits per heavy atom. The van der Waals surface area contributed by atoms with Gasteiger partial charge in [-0.1, -0.05) is 6.92 Å². The molecule has 0 aromatic carbocycles. The number of hydrogen-bond acceptors (Lipinski definition) is 4. The maximum atomic E-state index is 11.9. The Hall–Kier alpha value is -0.710. The molecule has 1 aliphatic rings. The molecule has 1 fully saturated rings. The maximum Gasteiger partial charge on any atom is 0.309 e. The molecule has 5 heteroatoms. The Bertz CT molecular complexity index is 275. The molecule has 0 spiro atoms. The van der Waals surface area contributed by atoms with E-state index in [0.717, 1.165) is 24.3 Å². The van der Waals surface area contributed by atoms with Crippen LogP contribution >= 0.6 is 11.8 Å². The normalized spacial score (nSPS) is 16.7. The van der Waals surface area contributed by atoms with Crippen LogP contribution < -0.4 is 0 Å². The van der Waals surface area contributed by atoms with Crippen LogP contribution in [0.25, 0.3) is 0 Å². The summed E-state index contributed by atoms with van der Waals surface area (Å²) in [6.45, 7) is 5.74. The largest absolute Gasteiger partial charge is 0.466 e. The predicted octanol–water partition coefficient (Wildman–Crippen LogP) is 1.93. The Labute approximate surface area is 113 Å². The average Bonchev–Trinajstić information content (AvgIpc) is 2.39. The van der Waals surface area contributed by atoms with Crippen molar-refractivity contribution in [2.24, 2.45) is 5.92 Å². The predicted molar refractivity (Wildman–Crippen MR) is 73.6 cm³/mol. The third-order valence-corrected chi connectivity index (χ3v) is 4.03. The summed E-state index contributed by atoms with van der Waals surface area (Å²) >= 11 is 1.79. The molecule has 0 unspecified atom stereocenters. The van der Waals surface area contributed by atoms with Crippen molar-refractivity contribution >= 4 is 23.6 Å². The number of rotatable bonds is 6. The lowest BCUT2D eigenvalue weighted by Crippen LogP contribution is -2.40. The molecule has 0 radical (unpaired) electrons. The third-order valence-electron chi connectivity index (χ3n) is 3.13. The van der Waals surface area contributed by atoms with Crippen LogP contribution in [-0.4, -0.2) is 48.0 Å². The van der Waals surface area contributed by atoms with Crippen LogP contribution in [-0.2, 0) is 14.3 Å².